The van der Waals surface area contributed by atoms with Gasteiger partial charge in [-0.2, -0.15) is 0 Å². The van der Waals surface area contributed by atoms with E-state index < -0.39 is 45.0 Å². The summed E-state index contributed by atoms with van der Waals surface area (Å²) < 4.78 is 0. The maximum Gasteiger partial charge on any atom is 0.333 e. The first-order valence-corrected chi connectivity index (χ1v) is 8.45. The van der Waals surface area contributed by atoms with Crippen LogP contribution in [-0.4, -0.2) is 32.7 Å². The van der Waals surface area contributed by atoms with Crippen molar-refractivity contribution in [2.24, 2.45) is 5.73 Å². The van der Waals surface area contributed by atoms with E-state index in [1.807, 2.05) is 0 Å². The van der Waals surface area contributed by atoms with Gasteiger partial charge in [0.2, 0.25) is 0 Å². The van der Waals surface area contributed by atoms with Gasteiger partial charge in [0.15, 0.2) is 0 Å². The number of hydrogen-bond donors (Lipinski definition) is 1. The minimum atomic E-state index is -0.751. The predicted octanol–water partition coefficient (Wildman–Crippen LogP) is 1.67. The van der Waals surface area contributed by atoms with Gasteiger partial charge in [0.25, 0.3) is 23.2 Å². The molecule has 1 atom stereocenters. The second kappa shape index (κ2) is 8.99. The summed E-state index contributed by atoms with van der Waals surface area (Å²) in [5.41, 5.74) is 5.27. The number of imide groups is 1. The number of hydroxylamine groups is 2. The largest absolute Gasteiger partial charge is 0.333 e. The number of carbonyl (C=O) groups excluding carboxylic acids is 3. The average Bonchev–Trinajstić information content (AvgIpc) is 2.96. The smallest absolute Gasteiger partial charge is 0.330 e. The van der Waals surface area contributed by atoms with Crippen molar-refractivity contribution in [2.75, 3.05) is 0 Å². The summed E-state index contributed by atoms with van der Waals surface area (Å²) >= 11 is 0. The van der Waals surface area contributed by atoms with Crippen molar-refractivity contribution in [3.05, 3.63) is 44.0 Å². The van der Waals surface area contributed by atoms with Crippen LogP contribution in [0.2, 0.25) is 0 Å². The Labute approximate surface area is 158 Å². The number of benzene rings is 1. The molecule has 12 nitrogen and oxygen atoms in total. The van der Waals surface area contributed by atoms with Crippen molar-refractivity contribution in [1.82, 2.24) is 5.06 Å². The third kappa shape index (κ3) is 5.07. The van der Waals surface area contributed by atoms with Crippen LogP contribution in [0, 0.1) is 20.2 Å². The van der Waals surface area contributed by atoms with Crippen LogP contribution in [0.1, 0.15) is 50.1 Å². The van der Waals surface area contributed by atoms with Crippen LogP contribution in [0.3, 0.4) is 0 Å². The SMILES string of the molecule is NC(CCCCC(=O)ON1C(=O)CCC1=O)c1ccc([N+](=O)[O-])cc1[N+](=O)[O-]. The number of non-ortho nitro benzene ring substituents is 1. The van der Waals surface area contributed by atoms with E-state index in [4.69, 9.17) is 10.6 Å². The normalized spacial score (nSPS) is 14.8. The summed E-state index contributed by atoms with van der Waals surface area (Å²) in [6, 6.07) is 2.50. The number of unbranched alkanes of at least 4 members (excludes halogenated alkanes) is 1. The lowest BCUT2D eigenvalue weighted by Gasteiger charge is -2.13. The van der Waals surface area contributed by atoms with Gasteiger partial charge in [-0.05, 0) is 18.9 Å². The average molecular weight is 394 g/mol. The van der Waals surface area contributed by atoms with E-state index in [-0.39, 0.29) is 31.2 Å². The van der Waals surface area contributed by atoms with Crippen LogP contribution in [-0.2, 0) is 19.2 Å². The lowest BCUT2D eigenvalue weighted by atomic mass is 9.99. The van der Waals surface area contributed by atoms with E-state index in [1.54, 1.807) is 0 Å². The summed E-state index contributed by atoms with van der Waals surface area (Å²) in [5, 5.41) is 22.4. The van der Waals surface area contributed by atoms with Crippen LogP contribution < -0.4 is 5.73 Å². The number of hydrogen-bond acceptors (Lipinski definition) is 9. The van der Waals surface area contributed by atoms with Crippen LogP contribution >= 0.6 is 0 Å². The zero-order valence-corrected chi connectivity index (χ0v) is 14.7. The Kier molecular flexibility index (Phi) is 6.71. The molecule has 0 aliphatic carbocycles. The molecule has 1 heterocycles. The summed E-state index contributed by atoms with van der Waals surface area (Å²) in [6.07, 6.45) is 0.972. The predicted molar refractivity (Wildman–Crippen MR) is 92.3 cm³/mol. The van der Waals surface area contributed by atoms with E-state index in [9.17, 15) is 34.6 Å². The fraction of sp³-hybridized carbons (Fsp3) is 0.438. The molecule has 0 bridgehead atoms. The topological polar surface area (TPSA) is 176 Å². The second-order valence-electron chi connectivity index (χ2n) is 6.15. The van der Waals surface area contributed by atoms with Crippen molar-refractivity contribution in [3.63, 3.8) is 0 Å². The van der Waals surface area contributed by atoms with E-state index >= 15 is 0 Å². The molecule has 1 unspecified atom stereocenters. The third-order valence-corrected chi connectivity index (χ3v) is 4.17. The molecule has 2 N–H and O–H groups in total. The molecule has 150 valence electrons. The number of nitrogens with zero attached hydrogens (tertiary/aromatic N) is 3. The van der Waals surface area contributed by atoms with E-state index in [0.717, 1.165) is 12.1 Å². The third-order valence-electron chi connectivity index (χ3n) is 4.17. The molecule has 0 saturated carbocycles. The molecule has 0 spiro atoms. The van der Waals surface area contributed by atoms with Crippen molar-refractivity contribution >= 4 is 29.2 Å². The second-order valence-corrected chi connectivity index (χ2v) is 6.15. The Bertz CT molecular complexity index is 809. The monoisotopic (exact) mass is 394 g/mol. The fourth-order valence-corrected chi connectivity index (χ4v) is 2.71. The standard InChI is InChI=1S/C16H18N4O8/c17-12(11-6-5-10(19(24)25)9-13(11)20(26)27)3-1-2-4-16(23)28-18-14(21)7-8-15(18)22/h5-6,9,12H,1-4,7-8,17H2. The van der Waals surface area contributed by atoms with Gasteiger partial charge in [-0.25, -0.2) is 4.79 Å². The van der Waals surface area contributed by atoms with Crippen LogP contribution in [0.4, 0.5) is 11.4 Å². The fourth-order valence-electron chi connectivity index (χ4n) is 2.71. The van der Waals surface area contributed by atoms with Crippen molar-refractivity contribution < 1.29 is 29.1 Å². The molecule has 1 aliphatic heterocycles. The van der Waals surface area contributed by atoms with Gasteiger partial charge in [0.05, 0.1) is 15.9 Å². The summed E-state index contributed by atoms with van der Waals surface area (Å²) in [6.45, 7) is 0. The molecule has 2 rings (SSSR count). The van der Waals surface area contributed by atoms with Gasteiger partial charge >= 0.3 is 5.97 Å². The van der Waals surface area contributed by atoms with Crippen molar-refractivity contribution in [2.45, 2.75) is 44.6 Å². The van der Waals surface area contributed by atoms with Crippen LogP contribution in [0.25, 0.3) is 0 Å². The minimum absolute atomic E-state index is 0.00891. The summed E-state index contributed by atoms with van der Waals surface area (Å²) in [7, 11) is 0. The van der Waals surface area contributed by atoms with Gasteiger partial charge < -0.3 is 10.6 Å². The van der Waals surface area contributed by atoms with Crippen LogP contribution in [0.5, 0.6) is 0 Å². The highest BCUT2D eigenvalue weighted by Crippen LogP contribution is 2.30. The Balaban J connectivity index is 1.85. The molecular formula is C16H18N4O8. The highest BCUT2D eigenvalue weighted by molar-refractivity contribution is 6.01. The number of nitro groups is 2. The Hall–Kier alpha value is -3.41. The molecular weight excluding hydrogens is 376 g/mol. The summed E-state index contributed by atoms with van der Waals surface area (Å²) in [4.78, 5) is 59.6. The molecule has 0 aromatic heterocycles. The first-order valence-electron chi connectivity index (χ1n) is 8.45. The molecule has 12 heteroatoms. The molecule has 1 aromatic carbocycles. The molecule has 0 radical (unpaired) electrons. The molecule has 1 aliphatic rings. The highest BCUT2D eigenvalue weighted by atomic mass is 16.7. The molecule has 1 aromatic rings. The minimum Gasteiger partial charge on any atom is -0.330 e. The number of rotatable bonds is 9. The van der Waals surface area contributed by atoms with Gasteiger partial charge in [0, 0.05) is 36.9 Å². The molecule has 28 heavy (non-hydrogen) atoms. The molecule has 2 amide bonds. The number of carbonyl (C=O) groups is 3. The maximum atomic E-state index is 11.7. The molecule has 1 saturated heterocycles. The van der Waals surface area contributed by atoms with Gasteiger partial charge in [0.1, 0.15) is 0 Å². The Morgan fingerprint density at radius 2 is 1.79 bits per heavy atom. The van der Waals surface area contributed by atoms with Crippen molar-refractivity contribution in [1.29, 1.82) is 0 Å². The van der Waals surface area contributed by atoms with Gasteiger partial charge in [-0.1, -0.05) is 6.42 Å². The van der Waals surface area contributed by atoms with Gasteiger partial charge in [-0.3, -0.25) is 29.8 Å². The lowest BCUT2D eigenvalue weighted by Crippen LogP contribution is -2.31. The first-order chi connectivity index (χ1) is 13.2. The quantitative estimate of drug-likeness (QED) is 0.282. The van der Waals surface area contributed by atoms with Crippen LogP contribution in [0.15, 0.2) is 18.2 Å². The van der Waals surface area contributed by atoms with E-state index in [2.05, 4.69) is 0 Å². The first kappa shape index (κ1) is 20.9. The lowest BCUT2D eigenvalue weighted by molar-refractivity contribution is -0.394. The van der Waals surface area contributed by atoms with Crippen molar-refractivity contribution in [3.8, 4) is 0 Å². The van der Waals surface area contributed by atoms with E-state index in [0.29, 0.717) is 17.9 Å². The zero-order valence-electron chi connectivity index (χ0n) is 14.7. The molecule has 1 fully saturated rings. The number of amides is 2. The Morgan fingerprint density at radius 3 is 2.36 bits per heavy atom. The zero-order chi connectivity index (χ0) is 20.8. The van der Waals surface area contributed by atoms with E-state index in [1.165, 1.54) is 6.07 Å². The summed E-state index contributed by atoms with van der Waals surface area (Å²) in [5.74, 6) is -1.87. The highest BCUT2D eigenvalue weighted by Gasteiger charge is 2.32. The Morgan fingerprint density at radius 1 is 1.14 bits per heavy atom. The number of nitrogens with two attached hydrogens (primary N) is 1. The van der Waals surface area contributed by atoms with Gasteiger partial charge in [-0.15, -0.1) is 5.06 Å². The maximum absolute atomic E-state index is 11.7. The number of nitro benzene ring substituents is 2.